The molecule has 1 nitrogen and oxygen atoms in total. The summed E-state index contributed by atoms with van der Waals surface area (Å²) >= 11 is 0. The van der Waals surface area contributed by atoms with Gasteiger partial charge in [0.15, 0.2) is 0 Å². The summed E-state index contributed by atoms with van der Waals surface area (Å²) in [6.07, 6.45) is 2.88. The highest BCUT2D eigenvalue weighted by atomic mass is 31.1. The predicted octanol–water partition coefficient (Wildman–Crippen LogP) is 2.85. The van der Waals surface area contributed by atoms with Gasteiger partial charge in [0.2, 0.25) is 0 Å². The van der Waals surface area contributed by atoms with E-state index in [1.807, 2.05) is 13.8 Å². The molecule has 1 aliphatic heterocycles. The Morgan fingerprint density at radius 2 is 1.50 bits per heavy atom. The van der Waals surface area contributed by atoms with Gasteiger partial charge in [0, 0.05) is 0 Å². The molecule has 12 heavy (non-hydrogen) atoms. The first-order chi connectivity index (χ1) is 5.70. The molecule has 0 atom stereocenters. The fraction of sp³-hybridized carbons (Fsp3) is 1.00. The van der Waals surface area contributed by atoms with Crippen molar-refractivity contribution in [2.24, 2.45) is 0 Å². The molecule has 1 saturated heterocycles. The maximum atomic E-state index is 2.44. The second-order valence-electron chi connectivity index (χ2n) is 3.50. The second-order valence-corrected chi connectivity index (χ2v) is 6.16. The number of hydrogen-bond donors (Lipinski definition) is 0. The normalized spacial score (nSPS) is 20.5. The zero-order chi connectivity index (χ0) is 9.56. The van der Waals surface area contributed by atoms with Gasteiger partial charge in [-0.25, -0.2) is 0 Å². The van der Waals surface area contributed by atoms with Crippen LogP contribution in [0.1, 0.15) is 26.7 Å². The number of hydrogen-bond acceptors (Lipinski definition) is 1. The van der Waals surface area contributed by atoms with Crippen molar-refractivity contribution in [1.82, 2.24) is 4.90 Å². The van der Waals surface area contributed by atoms with Crippen LogP contribution in [0.4, 0.5) is 0 Å². The summed E-state index contributed by atoms with van der Waals surface area (Å²) in [5.41, 5.74) is 1.06. The van der Waals surface area contributed by atoms with Crippen molar-refractivity contribution in [1.29, 1.82) is 0 Å². The van der Waals surface area contributed by atoms with Gasteiger partial charge in [-0.05, 0) is 52.0 Å². The topological polar surface area (TPSA) is 3.24 Å². The molecule has 1 rings (SSSR count). The smallest absolute Gasteiger partial charge is 0.00158 e. The summed E-state index contributed by atoms with van der Waals surface area (Å²) in [6.45, 7) is 11.5. The van der Waals surface area contributed by atoms with Crippen molar-refractivity contribution in [3.63, 3.8) is 0 Å². The van der Waals surface area contributed by atoms with Crippen molar-refractivity contribution in [2.45, 2.75) is 32.3 Å². The molecule has 0 aromatic heterocycles. The molecule has 0 aliphatic carbocycles. The van der Waals surface area contributed by atoms with E-state index in [2.05, 4.69) is 25.3 Å². The molecule has 1 aliphatic rings. The quantitative estimate of drug-likeness (QED) is 0.573. The van der Waals surface area contributed by atoms with Crippen LogP contribution in [0.25, 0.3) is 0 Å². The zero-order valence-electron chi connectivity index (χ0n) is 9.30. The number of likely N-dealkylation sites (tertiary alicyclic amines) is 1. The Morgan fingerprint density at radius 3 is 1.83 bits per heavy atom. The maximum Gasteiger partial charge on any atom is -0.00158 e. The third-order valence-corrected chi connectivity index (χ3v) is 4.40. The van der Waals surface area contributed by atoms with Crippen molar-refractivity contribution in [2.75, 3.05) is 33.5 Å². The highest BCUT2D eigenvalue weighted by Gasteiger charge is 2.18. The standard InChI is InChI=1S/C8H18NP.C2H6/c1-9-6-4-8(5-7-9)10(2)3;1-2/h8H,4-7H2,1-3H3;1-2H3. The molecule has 74 valence electrons. The summed E-state index contributed by atoms with van der Waals surface area (Å²) < 4.78 is 0. The number of nitrogens with zero attached hydrogens (tertiary/aromatic N) is 1. The Hall–Kier alpha value is 0.390. The van der Waals surface area contributed by atoms with Crippen LogP contribution in [-0.4, -0.2) is 44.0 Å². The minimum atomic E-state index is 0.336. The lowest BCUT2D eigenvalue weighted by Crippen LogP contribution is -2.31. The van der Waals surface area contributed by atoms with Crippen LogP contribution in [0.2, 0.25) is 0 Å². The molecule has 0 saturated carbocycles. The third-order valence-electron chi connectivity index (χ3n) is 2.42. The van der Waals surface area contributed by atoms with E-state index in [1.165, 1.54) is 25.9 Å². The van der Waals surface area contributed by atoms with E-state index in [4.69, 9.17) is 0 Å². The molecule has 0 N–H and O–H groups in total. The van der Waals surface area contributed by atoms with Gasteiger partial charge in [0.05, 0.1) is 0 Å². The molecular formula is C10H24NP. The van der Waals surface area contributed by atoms with E-state index < -0.39 is 0 Å². The lowest BCUT2D eigenvalue weighted by Gasteiger charge is -2.31. The molecule has 0 unspecified atom stereocenters. The third kappa shape index (κ3) is 4.42. The largest absolute Gasteiger partial charge is 0.306 e. The van der Waals surface area contributed by atoms with Crippen LogP contribution in [0.15, 0.2) is 0 Å². The first-order valence-electron chi connectivity index (χ1n) is 5.05. The van der Waals surface area contributed by atoms with Crippen LogP contribution in [-0.2, 0) is 0 Å². The Kier molecular flexibility index (Phi) is 7.08. The van der Waals surface area contributed by atoms with Crippen molar-refractivity contribution in [3.8, 4) is 0 Å². The lowest BCUT2D eigenvalue weighted by atomic mass is 10.1. The van der Waals surface area contributed by atoms with Gasteiger partial charge >= 0.3 is 0 Å². The Bertz CT molecular complexity index is 96.0. The van der Waals surface area contributed by atoms with Gasteiger partial charge in [-0.1, -0.05) is 13.8 Å². The van der Waals surface area contributed by atoms with E-state index >= 15 is 0 Å². The average Bonchev–Trinajstić information content (AvgIpc) is 2.09. The van der Waals surface area contributed by atoms with E-state index in [9.17, 15) is 0 Å². The van der Waals surface area contributed by atoms with Gasteiger partial charge in [-0.15, -0.1) is 7.92 Å². The number of piperidine rings is 1. The molecule has 0 radical (unpaired) electrons. The summed E-state index contributed by atoms with van der Waals surface area (Å²) in [5.74, 6) is 0. The molecule has 1 fully saturated rings. The van der Waals surface area contributed by atoms with Crippen LogP contribution in [0.5, 0.6) is 0 Å². The Morgan fingerprint density at radius 1 is 1.08 bits per heavy atom. The molecule has 0 aromatic carbocycles. The Labute approximate surface area is 79.3 Å². The average molecular weight is 189 g/mol. The lowest BCUT2D eigenvalue weighted by molar-refractivity contribution is 0.280. The first kappa shape index (κ1) is 12.4. The molecular weight excluding hydrogens is 165 g/mol. The minimum Gasteiger partial charge on any atom is -0.306 e. The highest BCUT2D eigenvalue weighted by molar-refractivity contribution is 7.56. The van der Waals surface area contributed by atoms with Gasteiger partial charge in [0.25, 0.3) is 0 Å². The summed E-state index contributed by atoms with van der Waals surface area (Å²) in [4.78, 5) is 2.44. The van der Waals surface area contributed by atoms with Gasteiger partial charge in [0.1, 0.15) is 0 Å². The van der Waals surface area contributed by atoms with E-state index in [1.54, 1.807) is 0 Å². The monoisotopic (exact) mass is 189 g/mol. The van der Waals surface area contributed by atoms with Crippen molar-refractivity contribution < 1.29 is 0 Å². The summed E-state index contributed by atoms with van der Waals surface area (Å²) in [5, 5.41) is 0. The fourth-order valence-corrected chi connectivity index (χ4v) is 2.78. The van der Waals surface area contributed by atoms with E-state index in [-0.39, 0.29) is 0 Å². The van der Waals surface area contributed by atoms with Gasteiger partial charge in [-0.3, -0.25) is 0 Å². The minimum absolute atomic E-state index is 0.336. The molecule has 1 heterocycles. The molecule has 0 spiro atoms. The molecule has 2 heteroatoms. The molecule has 0 amide bonds. The maximum absolute atomic E-state index is 2.44. The highest BCUT2D eigenvalue weighted by Crippen LogP contribution is 2.38. The van der Waals surface area contributed by atoms with Crippen molar-refractivity contribution in [3.05, 3.63) is 0 Å². The van der Waals surface area contributed by atoms with Crippen LogP contribution < -0.4 is 0 Å². The van der Waals surface area contributed by atoms with Crippen LogP contribution in [0.3, 0.4) is 0 Å². The summed E-state index contributed by atoms with van der Waals surface area (Å²) in [7, 11) is 2.56. The van der Waals surface area contributed by atoms with Crippen LogP contribution in [0, 0.1) is 0 Å². The van der Waals surface area contributed by atoms with E-state index in [0.29, 0.717) is 7.92 Å². The van der Waals surface area contributed by atoms with Crippen molar-refractivity contribution >= 4 is 7.92 Å². The molecule has 0 bridgehead atoms. The fourth-order valence-electron chi connectivity index (χ4n) is 1.51. The van der Waals surface area contributed by atoms with Gasteiger partial charge < -0.3 is 4.90 Å². The summed E-state index contributed by atoms with van der Waals surface area (Å²) in [6, 6.07) is 0. The second kappa shape index (κ2) is 6.86. The van der Waals surface area contributed by atoms with Gasteiger partial charge in [-0.2, -0.15) is 0 Å². The first-order valence-corrected chi connectivity index (χ1v) is 7.35. The Balaban J connectivity index is 0.000000561. The zero-order valence-corrected chi connectivity index (χ0v) is 10.2. The van der Waals surface area contributed by atoms with E-state index in [0.717, 1.165) is 5.66 Å². The number of rotatable bonds is 1. The SMILES string of the molecule is CC.CN1CCC(P(C)C)CC1. The molecule has 0 aromatic rings. The predicted molar refractivity (Wildman–Crippen MR) is 60.6 cm³/mol. The van der Waals surface area contributed by atoms with Crippen LogP contribution >= 0.6 is 7.92 Å².